The molecule has 18 heavy (non-hydrogen) atoms. The van der Waals surface area contributed by atoms with Crippen molar-refractivity contribution < 1.29 is 4.79 Å². The Bertz CT molecular complexity index is 530. The summed E-state index contributed by atoms with van der Waals surface area (Å²) in [6.45, 7) is 4.37. The SMILES string of the molecule is CC(C)n1cc(Cl)cc1C(=O)NCc1ncc[nH]1. The summed E-state index contributed by atoms with van der Waals surface area (Å²) in [5, 5.41) is 3.36. The Kier molecular flexibility index (Phi) is 3.72. The van der Waals surface area contributed by atoms with E-state index in [2.05, 4.69) is 15.3 Å². The van der Waals surface area contributed by atoms with Crippen molar-refractivity contribution in [3.63, 3.8) is 0 Å². The molecule has 0 saturated carbocycles. The number of nitrogens with one attached hydrogen (secondary N) is 2. The van der Waals surface area contributed by atoms with Gasteiger partial charge in [-0.1, -0.05) is 11.6 Å². The minimum absolute atomic E-state index is 0.160. The summed E-state index contributed by atoms with van der Waals surface area (Å²) >= 11 is 5.93. The lowest BCUT2D eigenvalue weighted by atomic mass is 10.3. The van der Waals surface area contributed by atoms with Gasteiger partial charge in [-0.3, -0.25) is 4.79 Å². The number of hydrogen-bond donors (Lipinski definition) is 2. The Morgan fingerprint density at radius 2 is 2.39 bits per heavy atom. The molecule has 0 aliphatic rings. The summed E-state index contributed by atoms with van der Waals surface area (Å²) in [7, 11) is 0. The number of hydrogen-bond acceptors (Lipinski definition) is 2. The molecular weight excluding hydrogens is 252 g/mol. The van der Waals surface area contributed by atoms with Crippen LogP contribution >= 0.6 is 11.6 Å². The summed E-state index contributed by atoms with van der Waals surface area (Å²) < 4.78 is 1.85. The van der Waals surface area contributed by atoms with Gasteiger partial charge in [0.1, 0.15) is 11.5 Å². The largest absolute Gasteiger partial charge is 0.347 e. The molecule has 2 aromatic heterocycles. The zero-order valence-electron chi connectivity index (χ0n) is 10.3. The zero-order chi connectivity index (χ0) is 13.1. The van der Waals surface area contributed by atoms with Crippen molar-refractivity contribution in [2.24, 2.45) is 0 Å². The first-order valence-electron chi connectivity index (χ1n) is 5.71. The van der Waals surface area contributed by atoms with Gasteiger partial charge < -0.3 is 14.9 Å². The van der Waals surface area contributed by atoms with Gasteiger partial charge in [-0.15, -0.1) is 0 Å². The van der Waals surface area contributed by atoms with E-state index in [0.29, 0.717) is 17.3 Å². The van der Waals surface area contributed by atoms with Crippen LogP contribution < -0.4 is 5.32 Å². The van der Waals surface area contributed by atoms with Gasteiger partial charge in [0.15, 0.2) is 0 Å². The highest BCUT2D eigenvalue weighted by atomic mass is 35.5. The lowest BCUT2D eigenvalue weighted by molar-refractivity contribution is 0.0939. The predicted molar refractivity (Wildman–Crippen MR) is 69.6 cm³/mol. The second-order valence-corrected chi connectivity index (χ2v) is 4.70. The first-order chi connectivity index (χ1) is 8.58. The first kappa shape index (κ1) is 12.7. The van der Waals surface area contributed by atoms with Gasteiger partial charge in [-0.25, -0.2) is 4.98 Å². The number of carbonyl (C=O) groups is 1. The van der Waals surface area contributed by atoms with Crippen LogP contribution in [0.4, 0.5) is 0 Å². The third-order valence-corrected chi connectivity index (χ3v) is 2.78. The standard InChI is InChI=1S/C12H15ClN4O/c1-8(2)17-7-9(13)5-10(17)12(18)16-6-11-14-3-4-15-11/h3-5,7-8H,6H2,1-2H3,(H,14,15)(H,16,18). The average molecular weight is 267 g/mol. The minimum Gasteiger partial charge on any atom is -0.347 e. The van der Waals surface area contributed by atoms with Gasteiger partial charge in [-0.05, 0) is 19.9 Å². The van der Waals surface area contributed by atoms with Gasteiger partial charge in [0.2, 0.25) is 0 Å². The van der Waals surface area contributed by atoms with E-state index in [4.69, 9.17) is 11.6 Å². The fraction of sp³-hybridized carbons (Fsp3) is 0.333. The molecule has 2 heterocycles. The van der Waals surface area contributed by atoms with Crippen molar-refractivity contribution in [2.75, 3.05) is 0 Å². The molecule has 0 bridgehead atoms. The predicted octanol–water partition coefficient (Wildman–Crippen LogP) is 2.38. The van der Waals surface area contributed by atoms with Crippen LogP contribution in [0.2, 0.25) is 5.02 Å². The van der Waals surface area contributed by atoms with Gasteiger partial charge in [0.25, 0.3) is 5.91 Å². The lowest BCUT2D eigenvalue weighted by Gasteiger charge is -2.12. The number of imidazole rings is 1. The summed E-state index contributed by atoms with van der Waals surface area (Å²) in [4.78, 5) is 19.0. The highest BCUT2D eigenvalue weighted by molar-refractivity contribution is 6.31. The Labute approximate surface area is 110 Å². The van der Waals surface area contributed by atoms with E-state index in [0.717, 1.165) is 5.82 Å². The maximum Gasteiger partial charge on any atom is 0.268 e. The van der Waals surface area contributed by atoms with E-state index in [1.54, 1.807) is 24.7 Å². The van der Waals surface area contributed by atoms with Crippen LogP contribution in [0.1, 0.15) is 36.2 Å². The number of nitrogens with zero attached hydrogens (tertiary/aromatic N) is 2. The van der Waals surface area contributed by atoms with E-state index in [1.165, 1.54) is 0 Å². The van der Waals surface area contributed by atoms with Crippen molar-refractivity contribution >= 4 is 17.5 Å². The number of amides is 1. The highest BCUT2D eigenvalue weighted by Gasteiger charge is 2.14. The summed E-state index contributed by atoms with van der Waals surface area (Å²) in [6.07, 6.45) is 5.12. The molecule has 0 spiro atoms. The molecule has 96 valence electrons. The molecule has 1 amide bonds. The van der Waals surface area contributed by atoms with E-state index >= 15 is 0 Å². The zero-order valence-corrected chi connectivity index (χ0v) is 11.0. The van der Waals surface area contributed by atoms with Crippen LogP contribution in [0.25, 0.3) is 0 Å². The summed E-state index contributed by atoms with van der Waals surface area (Å²) in [6, 6.07) is 1.85. The quantitative estimate of drug-likeness (QED) is 0.892. The van der Waals surface area contributed by atoms with E-state index in [1.807, 2.05) is 18.4 Å². The molecular formula is C12H15ClN4O. The number of H-pyrrole nitrogens is 1. The van der Waals surface area contributed by atoms with E-state index in [-0.39, 0.29) is 11.9 Å². The van der Waals surface area contributed by atoms with Crippen molar-refractivity contribution in [1.29, 1.82) is 0 Å². The molecule has 0 saturated heterocycles. The normalized spacial score (nSPS) is 10.9. The number of carbonyl (C=O) groups excluding carboxylic acids is 1. The number of aromatic amines is 1. The third-order valence-electron chi connectivity index (χ3n) is 2.58. The van der Waals surface area contributed by atoms with Gasteiger partial charge in [0, 0.05) is 24.6 Å². The molecule has 0 atom stereocenters. The summed E-state index contributed by atoms with van der Waals surface area (Å²) in [5.74, 6) is 0.559. The maximum atomic E-state index is 12.0. The van der Waals surface area contributed by atoms with Gasteiger partial charge in [0.05, 0.1) is 11.6 Å². The molecule has 2 N–H and O–H groups in total. The fourth-order valence-electron chi connectivity index (χ4n) is 1.70. The first-order valence-corrected chi connectivity index (χ1v) is 6.09. The molecule has 6 heteroatoms. The number of halogens is 1. The summed E-state index contributed by atoms with van der Waals surface area (Å²) in [5.41, 5.74) is 0.557. The van der Waals surface area contributed by atoms with Gasteiger partial charge in [-0.2, -0.15) is 0 Å². The molecule has 5 nitrogen and oxygen atoms in total. The Hall–Kier alpha value is -1.75. The third kappa shape index (κ3) is 2.73. The monoisotopic (exact) mass is 266 g/mol. The smallest absolute Gasteiger partial charge is 0.268 e. The van der Waals surface area contributed by atoms with Crippen LogP contribution in [-0.2, 0) is 6.54 Å². The van der Waals surface area contributed by atoms with Gasteiger partial charge >= 0.3 is 0 Å². The lowest BCUT2D eigenvalue weighted by Crippen LogP contribution is -2.26. The average Bonchev–Trinajstić information content (AvgIpc) is 2.94. The number of aromatic nitrogens is 3. The second-order valence-electron chi connectivity index (χ2n) is 4.26. The fourth-order valence-corrected chi connectivity index (χ4v) is 1.91. The molecule has 0 fully saturated rings. The second kappa shape index (κ2) is 5.27. The van der Waals surface area contributed by atoms with Crippen molar-refractivity contribution in [1.82, 2.24) is 19.9 Å². The Morgan fingerprint density at radius 1 is 1.61 bits per heavy atom. The molecule has 2 aromatic rings. The van der Waals surface area contributed by atoms with Crippen molar-refractivity contribution in [2.45, 2.75) is 26.4 Å². The van der Waals surface area contributed by atoms with E-state index < -0.39 is 0 Å². The number of rotatable bonds is 4. The molecule has 2 rings (SSSR count). The Balaban J connectivity index is 2.09. The van der Waals surface area contributed by atoms with E-state index in [9.17, 15) is 4.79 Å². The van der Waals surface area contributed by atoms with Crippen LogP contribution in [0, 0.1) is 0 Å². The maximum absolute atomic E-state index is 12.0. The minimum atomic E-state index is -0.160. The molecule has 0 aliphatic carbocycles. The van der Waals surface area contributed by atoms with Crippen LogP contribution in [0.5, 0.6) is 0 Å². The van der Waals surface area contributed by atoms with Crippen LogP contribution in [0.15, 0.2) is 24.7 Å². The molecule has 0 aromatic carbocycles. The molecule has 0 unspecified atom stereocenters. The van der Waals surface area contributed by atoms with Crippen LogP contribution in [-0.4, -0.2) is 20.4 Å². The molecule has 0 aliphatic heterocycles. The Morgan fingerprint density at radius 3 is 3.00 bits per heavy atom. The van der Waals surface area contributed by atoms with Crippen molar-refractivity contribution in [3.05, 3.63) is 41.2 Å². The highest BCUT2D eigenvalue weighted by Crippen LogP contribution is 2.18. The van der Waals surface area contributed by atoms with Crippen molar-refractivity contribution in [3.8, 4) is 0 Å². The topological polar surface area (TPSA) is 62.7 Å². The van der Waals surface area contributed by atoms with Crippen LogP contribution in [0.3, 0.4) is 0 Å². The molecule has 0 radical (unpaired) electrons.